The first kappa shape index (κ1) is 11.3. The van der Waals surface area contributed by atoms with Crippen LogP contribution in [0.5, 0.6) is 0 Å². The minimum atomic E-state index is 0.837. The average Bonchev–Trinajstić information content (AvgIpc) is 2.59. The van der Waals surface area contributed by atoms with E-state index in [9.17, 15) is 0 Å². The Labute approximate surface area is 90.2 Å². The van der Waals surface area contributed by atoms with Crippen LogP contribution in [0.1, 0.15) is 19.3 Å². The minimum absolute atomic E-state index is 0.837. The van der Waals surface area contributed by atoms with Crippen LogP contribution in [0.25, 0.3) is 0 Å². The van der Waals surface area contributed by atoms with Crippen molar-refractivity contribution in [3.63, 3.8) is 0 Å². The van der Waals surface area contributed by atoms with Crippen molar-refractivity contribution in [2.75, 3.05) is 12.5 Å². The maximum Gasteiger partial charge on any atom is -0.0142 e. The molecule has 2 heteroatoms. The van der Waals surface area contributed by atoms with Crippen LogP contribution in [-0.2, 0) is 0 Å². The van der Waals surface area contributed by atoms with Gasteiger partial charge in [0, 0.05) is 0 Å². The van der Waals surface area contributed by atoms with Gasteiger partial charge in [0.05, 0.1) is 0 Å². The van der Waals surface area contributed by atoms with Crippen LogP contribution in [0, 0.1) is 11.8 Å². The molecule has 1 aliphatic carbocycles. The van der Waals surface area contributed by atoms with Crippen molar-refractivity contribution >= 4 is 23.5 Å². The lowest BCUT2D eigenvalue weighted by Gasteiger charge is -2.02. The summed E-state index contributed by atoms with van der Waals surface area (Å²) in [6, 6.07) is 0. The Morgan fingerprint density at radius 1 is 0.923 bits per heavy atom. The maximum atomic E-state index is 2.37. The van der Waals surface area contributed by atoms with Crippen molar-refractivity contribution < 1.29 is 0 Å². The molecular formula is C11H18S2. The summed E-state index contributed by atoms with van der Waals surface area (Å²) in [5.74, 6) is 1.67. The summed E-state index contributed by atoms with van der Waals surface area (Å²) in [5, 5.41) is 4.46. The fraction of sp³-hybridized carbons (Fsp3) is 0.636. The van der Waals surface area contributed by atoms with Crippen molar-refractivity contribution in [1.29, 1.82) is 0 Å². The lowest BCUT2D eigenvalue weighted by Crippen LogP contribution is -1.89. The molecular weight excluding hydrogens is 196 g/mol. The highest BCUT2D eigenvalue weighted by Gasteiger charge is 2.20. The predicted molar refractivity (Wildman–Crippen MR) is 66.1 cm³/mol. The highest BCUT2D eigenvalue weighted by Crippen LogP contribution is 2.33. The van der Waals surface area contributed by atoms with Crippen molar-refractivity contribution in [3.05, 3.63) is 23.0 Å². The summed E-state index contributed by atoms with van der Waals surface area (Å²) in [6.07, 6.45) is 13.1. The Hall–Kier alpha value is 0.180. The second-order valence-electron chi connectivity index (χ2n) is 3.46. The van der Waals surface area contributed by atoms with Gasteiger partial charge in [-0.2, -0.15) is 0 Å². The van der Waals surface area contributed by atoms with Gasteiger partial charge >= 0.3 is 0 Å². The molecule has 0 bridgehead atoms. The van der Waals surface area contributed by atoms with E-state index in [-0.39, 0.29) is 0 Å². The number of hydrogen-bond donors (Lipinski definition) is 0. The van der Waals surface area contributed by atoms with E-state index in [0.717, 1.165) is 11.8 Å². The quantitative estimate of drug-likeness (QED) is 0.689. The number of allylic oxidation sites excluding steroid dienone is 2. The van der Waals surface area contributed by atoms with Gasteiger partial charge < -0.3 is 0 Å². The van der Waals surface area contributed by atoms with Crippen molar-refractivity contribution in [3.8, 4) is 0 Å². The molecule has 0 aromatic rings. The topological polar surface area (TPSA) is 0 Å². The van der Waals surface area contributed by atoms with Crippen LogP contribution in [-0.4, -0.2) is 12.5 Å². The van der Waals surface area contributed by atoms with E-state index in [0.29, 0.717) is 0 Å². The summed E-state index contributed by atoms with van der Waals surface area (Å²) < 4.78 is 0. The van der Waals surface area contributed by atoms with E-state index < -0.39 is 0 Å². The number of rotatable bonds is 4. The fourth-order valence-corrected chi connectivity index (χ4v) is 2.54. The molecule has 0 aliphatic heterocycles. The Bertz CT molecular complexity index is 165. The molecule has 0 nitrogen and oxygen atoms in total. The van der Waals surface area contributed by atoms with Crippen LogP contribution in [0.2, 0.25) is 0 Å². The molecule has 0 spiro atoms. The largest absolute Gasteiger partial charge is 0.138 e. The summed E-state index contributed by atoms with van der Waals surface area (Å²) in [7, 11) is 0. The molecule has 0 heterocycles. The molecule has 0 aromatic heterocycles. The van der Waals surface area contributed by atoms with Crippen LogP contribution < -0.4 is 0 Å². The van der Waals surface area contributed by atoms with E-state index in [4.69, 9.17) is 0 Å². The first-order chi connectivity index (χ1) is 6.36. The lowest BCUT2D eigenvalue weighted by atomic mass is 10.1. The van der Waals surface area contributed by atoms with Crippen molar-refractivity contribution in [1.82, 2.24) is 0 Å². The zero-order valence-corrected chi connectivity index (χ0v) is 10.0. The van der Waals surface area contributed by atoms with E-state index in [2.05, 4.69) is 35.5 Å². The number of thioether (sulfide) groups is 2. The molecule has 1 aliphatic rings. The summed E-state index contributed by atoms with van der Waals surface area (Å²) in [4.78, 5) is 0. The number of hydrogen-bond acceptors (Lipinski definition) is 2. The zero-order chi connectivity index (χ0) is 9.52. The summed E-state index contributed by atoms with van der Waals surface area (Å²) in [5.41, 5.74) is 0. The van der Waals surface area contributed by atoms with Crippen molar-refractivity contribution in [2.24, 2.45) is 11.8 Å². The summed E-state index contributed by atoms with van der Waals surface area (Å²) >= 11 is 3.61. The molecule has 74 valence electrons. The molecule has 0 N–H and O–H groups in total. The van der Waals surface area contributed by atoms with Crippen LogP contribution in [0.4, 0.5) is 0 Å². The second-order valence-corrected chi connectivity index (χ2v) is 4.95. The lowest BCUT2D eigenvalue weighted by molar-refractivity contribution is 0.640. The molecule has 1 saturated carbocycles. The van der Waals surface area contributed by atoms with Gasteiger partial charge in [0.2, 0.25) is 0 Å². The van der Waals surface area contributed by atoms with Gasteiger partial charge in [-0.05, 0) is 54.4 Å². The van der Waals surface area contributed by atoms with Gasteiger partial charge in [-0.1, -0.05) is 12.2 Å². The standard InChI is InChI=1S/C11H18S2/c1-12-7-5-10-3-4-11(9-10)6-8-13-2/h5-8,10-11H,3-4,9H2,1-2H3/b7-5+,8-6+. The molecule has 2 atom stereocenters. The average molecular weight is 214 g/mol. The van der Waals surface area contributed by atoms with Crippen molar-refractivity contribution in [2.45, 2.75) is 19.3 Å². The van der Waals surface area contributed by atoms with Crippen LogP contribution >= 0.6 is 23.5 Å². The Kier molecular flexibility index (Phi) is 5.72. The molecule has 1 fully saturated rings. The maximum absolute atomic E-state index is 2.37. The van der Waals surface area contributed by atoms with Gasteiger partial charge in [0.15, 0.2) is 0 Å². The first-order valence-electron chi connectivity index (χ1n) is 4.75. The fourth-order valence-electron chi connectivity index (χ4n) is 1.78. The van der Waals surface area contributed by atoms with Crippen LogP contribution in [0.3, 0.4) is 0 Å². The second kappa shape index (κ2) is 6.61. The van der Waals surface area contributed by atoms with Gasteiger partial charge in [0.1, 0.15) is 0 Å². The summed E-state index contributed by atoms with van der Waals surface area (Å²) in [6.45, 7) is 0. The monoisotopic (exact) mass is 214 g/mol. The Morgan fingerprint density at radius 3 is 1.77 bits per heavy atom. The minimum Gasteiger partial charge on any atom is -0.138 e. The molecule has 2 unspecified atom stereocenters. The third kappa shape index (κ3) is 4.28. The van der Waals surface area contributed by atoms with E-state index >= 15 is 0 Å². The molecule has 0 radical (unpaired) electrons. The highest BCUT2D eigenvalue weighted by molar-refractivity contribution is 8.01. The van der Waals surface area contributed by atoms with Gasteiger partial charge in [-0.25, -0.2) is 0 Å². The zero-order valence-electron chi connectivity index (χ0n) is 8.40. The van der Waals surface area contributed by atoms with Gasteiger partial charge in [-0.3, -0.25) is 0 Å². The third-order valence-corrected chi connectivity index (χ3v) is 3.35. The normalized spacial score (nSPS) is 29.4. The smallest absolute Gasteiger partial charge is 0.0142 e. The first-order valence-corrected chi connectivity index (χ1v) is 7.33. The SMILES string of the molecule is CS/C=C/C1CCC(/C=C/SC)C1. The van der Waals surface area contributed by atoms with E-state index in [1.807, 2.05) is 0 Å². The highest BCUT2D eigenvalue weighted by atomic mass is 32.2. The molecule has 1 rings (SSSR count). The molecule has 0 amide bonds. The third-order valence-electron chi connectivity index (χ3n) is 2.49. The molecule has 0 saturated heterocycles. The molecule has 13 heavy (non-hydrogen) atoms. The Morgan fingerprint density at radius 2 is 1.38 bits per heavy atom. The van der Waals surface area contributed by atoms with Crippen LogP contribution in [0.15, 0.2) is 23.0 Å². The predicted octanol–water partition coefficient (Wildman–Crippen LogP) is 4.16. The van der Waals surface area contributed by atoms with Gasteiger partial charge in [-0.15, -0.1) is 23.5 Å². The van der Waals surface area contributed by atoms with Gasteiger partial charge in [0.25, 0.3) is 0 Å². The van der Waals surface area contributed by atoms with E-state index in [1.165, 1.54) is 19.3 Å². The van der Waals surface area contributed by atoms with E-state index in [1.54, 1.807) is 23.5 Å². The Balaban J connectivity index is 2.27. The molecule has 0 aromatic carbocycles.